The number of carbonyl (C=O) groups is 1. The van der Waals surface area contributed by atoms with Gasteiger partial charge in [-0.2, -0.15) is 0 Å². The summed E-state index contributed by atoms with van der Waals surface area (Å²) >= 11 is 0. The maximum Gasteiger partial charge on any atom is 0.323 e. The Bertz CT molecular complexity index is 181. The van der Waals surface area contributed by atoms with Gasteiger partial charge < -0.3 is 14.6 Å². The van der Waals surface area contributed by atoms with Crippen LogP contribution in [0, 0.1) is 0 Å². The Morgan fingerprint density at radius 3 is 2.56 bits per heavy atom. The summed E-state index contributed by atoms with van der Waals surface area (Å²) in [6.07, 6.45) is 1.22. The SMILES string of the molecule is CCOC(=O)C(CC)NC(CCO)COC. The molecule has 0 aliphatic rings. The summed E-state index contributed by atoms with van der Waals surface area (Å²) in [5.41, 5.74) is 0. The first-order chi connectivity index (χ1) is 7.69. The van der Waals surface area contributed by atoms with Gasteiger partial charge in [-0.05, 0) is 19.8 Å². The number of methoxy groups -OCH3 is 1. The zero-order valence-electron chi connectivity index (χ0n) is 10.4. The van der Waals surface area contributed by atoms with Crippen molar-refractivity contribution in [3.63, 3.8) is 0 Å². The lowest BCUT2D eigenvalue weighted by atomic mass is 10.1. The summed E-state index contributed by atoms with van der Waals surface area (Å²) in [6.45, 7) is 4.62. The second kappa shape index (κ2) is 9.57. The Kier molecular flexibility index (Phi) is 9.18. The summed E-state index contributed by atoms with van der Waals surface area (Å²) < 4.78 is 9.96. The Balaban J connectivity index is 4.18. The number of ether oxygens (including phenoxy) is 2. The van der Waals surface area contributed by atoms with E-state index < -0.39 is 0 Å². The summed E-state index contributed by atoms with van der Waals surface area (Å²) in [5.74, 6) is -0.246. The van der Waals surface area contributed by atoms with Crippen molar-refractivity contribution in [1.29, 1.82) is 0 Å². The fourth-order valence-corrected chi connectivity index (χ4v) is 1.45. The molecule has 0 saturated carbocycles. The standard InChI is InChI=1S/C11H23NO4/c1-4-10(11(14)16-5-2)12-9(6-7-13)8-15-3/h9-10,12-13H,4-8H2,1-3H3. The first kappa shape index (κ1) is 15.3. The van der Waals surface area contributed by atoms with Gasteiger partial charge >= 0.3 is 5.97 Å². The van der Waals surface area contributed by atoms with Crippen LogP contribution >= 0.6 is 0 Å². The quantitative estimate of drug-likeness (QED) is 0.561. The molecule has 0 spiro atoms. The highest BCUT2D eigenvalue weighted by Gasteiger charge is 2.21. The van der Waals surface area contributed by atoms with Crippen molar-refractivity contribution in [3.05, 3.63) is 0 Å². The molecule has 0 amide bonds. The van der Waals surface area contributed by atoms with Crippen molar-refractivity contribution in [2.24, 2.45) is 0 Å². The van der Waals surface area contributed by atoms with E-state index in [1.54, 1.807) is 14.0 Å². The third kappa shape index (κ3) is 6.05. The highest BCUT2D eigenvalue weighted by Crippen LogP contribution is 2.00. The number of hydrogen-bond acceptors (Lipinski definition) is 5. The van der Waals surface area contributed by atoms with Crippen molar-refractivity contribution in [1.82, 2.24) is 5.32 Å². The van der Waals surface area contributed by atoms with E-state index in [1.165, 1.54) is 0 Å². The van der Waals surface area contributed by atoms with Crippen molar-refractivity contribution in [2.45, 2.75) is 38.8 Å². The molecule has 0 radical (unpaired) electrons. The van der Waals surface area contributed by atoms with Gasteiger partial charge in [0.15, 0.2) is 0 Å². The molecule has 0 aliphatic carbocycles. The maximum absolute atomic E-state index is 11.5. The van der Waals surface area contributed by atoms with Crippen LogP contribution in [0.15, 0.2) is 0 Å². The number of esters is 1. The molecule has 96 valence electrons. The molecule has 2 unspecified atom stereocenters. The molecule has 16 heavy (non-hydrogen) atoms. The van der Waals surface area contributed by atoms with Gasteiger partial charge in [-0.1, -0.05) is 6.92 Å². The fourth-order valence-electron chi connectivity index (χ4n) is 1.45. The summed E-state index contributed by atoms with van der Waals surface area (Å²) in [5, 5.41) is 12.0. The first-order valence-electron chi connectivity index (χ1n) is 5.72. The van der Waals surface area contributed by atoms with Gasteiger partial charge in [0.2, 0.25) is 0 Å². The second-order valence-electron chi connectivity index (χ2n) is 3.54. The summed E-state index contributed by atoms with van der Waals surface area (Å²) in [6, 6.07) is -0.351. The fraction of sp³-hybridized carbons (Fsp3) is 0.909. The normalized spacial score (nSPS) is 14.5. The van der Waals surface area contributed by atoms with E-state index in [4.69, 9.17) is 14.6 Å². The molecule has 0 aromatic rings. The zero-order valence-corrected chi connectivity index (χ0v) is 10.4. The Labute approximate surface area is 97.1 Å². The monoisotopic (exact) mass is 233 g/mol. The third-order valence-corrected chi connectivity index (χ3v) is 2.26. The molecule has 0 heterocycles. The van der Waals surface area contributed by atoms with Gasteiger partial charge in [0, 0.05) is 19.8 Å². The van der Waals surface area contributed by atoms with E-state index in [9.17, 15) is 4.79 Å². The largest absolute Gasteiger partial charge is 0.465 e. The van der Waals surface area contributed by atoms with Crippen LogP contribution in [0.1, 0.15) is 26.7 Å². The van der Waals surface area contributed by atoms with E-state index in [0.29, 0.717) is 26.1 Å². The molecule has 0 aromatic heterocycles. The predicted molar refractivity (Wildman–Crippen MR) is 61.2 cm³/mol. The average Bonchev–Trinajstić information content (AvgIpc) is 2.26. The van der Waals surface area contributed by atoms with E-state index in [0.717, 1.165) is 0 Å². The van der Waals surface area contributed by atoms with Crippen LogP contribution in [0.5, 0.6) is 0 Å². The number of rotatable bonds is 9. The molecular formula is C11H23NO4. The maximum atomic E-state index is 11.5. The Hall–Kier alpha value is -0.650. The smallest absolute Gasteiger partial charge is 0.323 e. The molecule has 0 aromatic carbocycles. The predicted octanol–water partition coefficient (Wildman–Crippen LogP) is 0.315. The van der Waals surface area contributed by atoms with E-state index >= 15 is 0 Å². The van der Waals surface area contributed by atoms with E-state index in [-0.39, 0.29) is 24.7 Å². The molecule has 0 aliphatic heterocycles. The van der Waals surface area contributed by atoms with Gasteiger partial charge in [-0.25, -0.2) is 0 Å². The minimum atomic E-state index is -0.327. The van der Waals surface area contributed by atoms with Crippen LogP contribution in [-0.4, -0.2) is 50.1 Å². The minimum absolute atomic E-state index is 0.0237. The summed E-state index contributed by atoms with van der Waals surface area (Å²) in [7, 11) is 1.59. The number of hydrogen-bond donors (Lipinski definition) is 2. The van der Waals surface area contributed by atoms with Gasteiger partial charge in [-0.3, -0.25) is 10.1 Å². The van der Waals surface area contributed by atoms with Crippen LogP contribution in [0.25, 0.3) is 0 Å². The van der Waals surface area contributed by atoms with Crippen molar-refractivity contribution in [3.8, 4) is 0 Å². The van der Waals surface area contributed by atoms with Gasteiger partial charge in [0.05, 0.1) is 13.2 Å². The van der Waals surface area contributed by atoms with Crippen LogP contribution in [0.3, 0.4) is 0 Å². The second-order valence-corrected chi connectivity index (χ2v) is 3.54. The molecule has 5 heteroatoms. The van der Waals surface area contributed by atoms with Crippen LogP contribution < -0.4 is 5.32 Å². The zero-order chi connectivity index (χ0) is 12.4. The first-order valence-corrected chi connectivity index (χ1v) is 5.72. The van der Waals surface area contributed by atoms with Gasteiger partial charge in [-0.15, -0.1) is 0 Å². The topological polar surface area (TPSA) is 67.8 Å². The van der Waals surface area contributed by atoms with Crippen LogP contribution in [0.2, 0.25) is 0 Å². The van der Waals surface area contributed by atoms with Gasteiger partial charge in [0.25, 0.3) is 0 Å². The van der Waals surface area contributed by atoms with E-state index in [2.05, 4.69) is 5.32 Å². The molecule has 0 saturated heterocycles. The van der Waals surface area contributed by atoms with Crippen molar-refractivity contribution in [2.75, 3.05) is 26.9 Å². The van der Waals surface area contributed by atoms with E-state index in [1.807, 2.05) is 6.92 Å². The van der Waals surface area contributed by atoms with Crippen molar-refractivity contribution < 1.29 is 19.4 Å². The third-order valence-electron chi connectivity index (χ3n) is 2.26. The number of nitrogens with one attached hydrogen (secondary N) is 1. The molecule has 5 nitrogen and oxygen atoms in total. The highest BCUT2D eigenvalue weighted by molar-refractivity contribution is 5.75. The molecular weight excluding hydrogens is 210 g/mol. The molecule has 2 atom stereocenters. The molecule has 0 fully saturated rings. The minimum Gasteiger partial charge on any atom is -0.465 e. The molecule has 0 bridgehead atoms. The van der Waals surface area contributed by atoms with Crippen LogP contribution in [-0.2, 0) is 14.3 Å². The lowest BCUT2D eigenvalue weighted by Gasteiger charge is -2.22. The average molecular weight is 233 g/mol. The highest BCUT2D eigenvalue weighted by atomic mass is 16.5. The number of aliphatic hydroxyl groups is 1. The number of aliphatic hydroxyl groups excluding tert-OH is 1. The Morgan fingerprint density at radius 1 is 1.44 bits per heavy atom. The lowest BCUT2D eigenvalue weighted by molar-refractivity contribution is -0.146. The lowest BCUT2D eigenvalue weighted by Crippen LogP contribution is -2.46. The van der Waals surface area contributed by atoms with Crippen LogP contribution in [0.4, 0.5) is 0 Å². The van der Waals surface area contributed by atoms with Crippen molar-refractivity contribution >= 4 is 5.97 Å². The van der Waals surface area contributed by atoms with Gasteiger partial charge in [0.1, 0.15) is 6.04 Å². The molecule has 2 N–H and O–H groups in total. The molecule has 0 rings (SSSR count). The number of carbonyl (C=O) groups excluding carboxylic acids is 1. The summed E-state index contributed by atoms with van der Waals surface area (Å²) in [4.78, 5) is 11.5. The Morgan fingerprint density at radius 2 is 2.12 bits per heavy atom.